The zero-order chi connectivity index (χ0) is 18.4. The molecule has 1 aromatic heterocycles. The first-order valence-electron chi connectivity index (χ1n) is 7.58. The minimum atomic E-state index is -0.609. The molecule has 0 aliphatic carbocycles. The van der Waals surface area contributed by atoms with Crippen molar-refractivity contribution in [1.82, 2.24) is 15.3 Å². The lowest BCUT2D eigenvalue weighted by Gasteiger charge is -2.14. The number of hydrogen-bond donors (Lipinski definition) is 2. The van der Waals surface area contributed by atoms with Crippen LogP contribution in [-0.2, 0) is 9.53 Å². The van der Waals surface area contributed by atoms with Gasteiger partial charge in [-0.15, -0.1) is 0 Å². The zero-order valence-corrected chi connectivity index (χ0v) is 15.0. The Bertz CT molecular complexity index is 820. The van der Waals surface area contributed by atoms with Gasteiger partial charge < -0.3 is 15.0 Å². The Morgan fingerprint density at radius 1 is 1.32 bits per heavy atom. The Labute approximate surface area is 149 Å². The molecule has 7 nitrogen and oxygen atoms in total. The molecule has 0 unspecified atom stereocenters. The predicted molar refractivity (Wildman–Crippen MR) is 94.7 cm³/mol. The number of amides is 1. The number of aryl methyl sites for hydroxylation is 1. The Hall–Kier alpha value is -2.61. The number of nitrogens with one attached hydrogen (secondary N) is 2. The highest BCUT2D eigenvalue weighted by Gasteiger charge is 2.19. The van der Waals surface area contributed by atoms with Crippen LogP contribution in [0, 0.1) is 6.92 Å². The Morgan fingerprint density at radius 2 is 2.00 bits per heavy atom. The largest absolute Gasteiger partial charge is 0.465 e. The van der Waals surface area contributed by atoms with Crippen LogP contribution in [0.1, 0.15) is 34.6 Å². The van der Waals surface area contributed by atoms with Gasteiger partial charge in [0.2, 0.25) is 5.91 Å². The molecular formula is C17H19N3O4S. The van der Waals surface area contributed by atoms with Gasteiger partial charge in [-0.05, 0) is 19.4 Å². The zero-order valence-electron chi connectivity index (χ0n) is 14.2. The Balaban J connectivity index is 2.07. The third-order valence-corrected chi connectivity index (χ3v) is 4.47. The molecule has 1 heterocycles. The molecule has 0 saturated heterocycles. The smallest absolute Gasteiger partial charge is 0.346 e. The first-order chi connectivity index (χ1) is 11.9. The second-order valence-corrected chi connectivity index (χ2v) is 6.29. The molecular weight excluding hydrogens is 342 g/mol. The maximum Gasteiger partial charge on any atom is 0.346 e. The fraction of sp³-hybridized carbons (Fsp3) is 0.294. The van der Waals surface area contributed by atoms with Crippen LogP contribution in [0.2, 0.25) is 0 Å². The number of carbonyl (C=O) groups is 2. The number of hydrogen-bond acceptors (Lipinski definition) is 6. The van der Waals surface area contributed by atoms with Gasteiger partial charge in [0.1, 0.15) is 10.6 Å². The Kier molecular flexibility index (Phi) is 6.35. The van der Waals surface area contributed by atoms with Crippen LogP contribution in [0.5, 0.6) is 0 Å². The van der Waals surface area contributed by atoms with Gasteiger partial charge >= 0.3 is 11.7 Å². The number of thioether (sulfide) groups is 1. The van der Waals surface area contributed by atoms with E-state index in [1.807, 2.05) is 37.3 Å². The molecule has 0 bridgehead atoms. The summed E-state index contributed by atoms with van der Waals surface area (Å²) in [5.41, 5.74) is 0.926. The van der Waals surface area contributed by atoms with E-state index in [9.17, 15) is 14.4 Å². The van der Waals surface area contributed by atoms with Crippen molar-refractivity contribution >= 4 is 23.6 Å². The number of rotatable bonds is 6. The SMILES string of the molecule is COC(=O)c1c(SCC(=O)N[C@H](C)c2ccccc2)nc(=O)[nH]c1C. The number of ether oxygens (including phenoxy) is 1. The maximum atomic E-state index is 12.2. The summed E-state index contributed by atoms with van der Waals surface area (Å²) in [7, 11) is 1.25. The molecule has 0 radical (unpaired) electrons. The van der Waals surface area contributed by atoms with Crippen molar-refractivity contribution < 1.29 is 14.3 Å². The third kappa shape index (κ3) is 4.93. The number of H-pyrrole nitrogens is 1. The molecule has 25 heavy (non-hydrogen) atoms. The van der Waals surface area contributed by atoms with Crippen LogP contribution >= 0.6 is 11.8 Å². The lowest BCUT2D eigenvalue weighted by atomic mass is 10.1. The summed E-state index contributed by atoms with van der Waals surface area (Å²) in [6.45, 7) is 3.46. The molecule has 1 aromatic carbocycles. The van der Waals surface area contributed by atoms with Gasteiger partial charge in [-0.2, -0.15) is 4.98 Å². The number of methoxy groups -OCH3 is 1. The molecule has 1 atom stereocenters. The summed E-state index contributed by atoms with van der Waals surface area (Å²) in [5.74, 6) is -0.810. The van der Waals surface area contributed by atoms with Gasteiger partial charge in [-0.1, -0.05) is 42.1 Å². The highest BCUT2D eigenvalue weighted by Crippen LogP contribution is 2.22. The van der Waals surface area contributed by atoms with E-state index in [0.717, 1.165) is 17.3 Å². The summed E-state index contributed by atoms with van der Waals surface area (Å²) in [4.78, 5) is 41.8. The number of esters is 1. The molecule has 0 fully saturated rings. The summed E-state index contributed by atoms with van der Waals surface area (Å²) in [6.07, 6.45) is 0. The number of aromatic nitrogens is 2. The van der Waals surface area contributed by atoms with Gasteiger partial charge in [0.25, 0.3) is 0 Å². The summed E-state index contributed by atoms with van der Waals surface area (Å²) in [6, 6.07) is 9.41. The van der Waals surface area contributed by atoms with Crippen molar-refractivity contribution in [1.29, 1.82) is 0 Å². The normalized spacial score (nSPS) is 11.6. The predicted octanol–water partition coefficient (Wildman–Crippen LogP) is 1.83. The first kappa shape index (κ1) is 18.7. The standard InChI is InChI=1S/C17H19N3O4S/c1-10(12-7-5-4-6-8-12)18-13(21)9-25-15-14(16(22)24-3)11(2)19-17(23)20-15/h4-8,10H,9H2,1-3H3,(H,18,21)(H,19,20,23)/t10-/m1/s1. The number of aromatic amines is 1. The molecule has 2 aromatic rings. The minimum absolute atomic E-state index is 0.0249. The topological polar surface area (TPSA) is 101 Å². The lowest BCUT2D eigenvalue weighted by Crippen LogP contribution is -2.28. The van der Waals surface area contributed by atoms with Gasteiger partial charge in [-0.3, -0.25) is 4.79 Å². The average Bonchev–Trinajstić information content (AvgIpc) is 2.59. The highest BCUT2D eigenvalue weighted by atomic mass is 32.2. The van der Waals surface area contributed by atoms with Gasteiger partial charge in [0.05, 0.1) is 18.9 Å². The fourth-order valence-electron chi connectivity index (χ4n) is 2.25. The van der Waals surface area contributed by atoms with Crippen molar-refractivity contribution in [3.8, 4) is 0 Å². The molecule has 1 amide bonds. The van der Waals surface area contributed by atoms with E-state index in [0.29, 0.717) is 5.69 Å². The maximum absolute atomic E-state index is 12.2. The van der Waals surface area contributed by atoms with Crippen LogP contribution < -0.4 is 11.0 Å². The first-order valence-corrected chi connectivity index (χ1v) is 8.57. The van der Waals surface area contributed by atoms with E-state index in [2.05, 4.69) is 15.3 Å². The Morgan fingerprint density at radius 3 is 2.64 bits per heavy atom. The third-order valence-electron chi connectivity index (χ3n) is 3.49. The number of benzene rings is 1. The molecule has 0 saturated carbocycles. The summed E-state index contributed by atoms with van der Waals surface area (Å²) in [5, 5.41) is 3.05. The second kappa shape index (κ2) is 8.48. The summed E-state index contributed by atoms with van der Waals surface area (Å²) >= 11 is 1.02. The summed E-state index contributed by atoms with van der Waals surface area (Å²) < 4.78 is 4.71. The van der Waals surface area contributed by atoms with Crippen LogP contribution in [0.25, 0.3) is 0 Å². The van der Waals surface area contributed by atoms with E-state index in [-0.39, 0.29) is 28.3 Å². The van der Waals surface area contributed by atoms with Gasteiger partial charge in [-0.25, -0.2) is 9.59 Å². The second-order valence-electron chi connectivity index (χ2n) is 5.33. The van der Waals surface area contributed by atoms with E-state index in [1.165, 1.54) is 7.11 Å². The molecule has 8 heteroatoms. The monoisotopic (exact) mass is 361 g/mol. The average molecular weight is 361 g/mol. The van der Waals surface area contributed by atoms with Gasteiger partial charge in [0.15, 0.2) is 0 Å². The minimum Gasteiger partial charge on any atom is -0.465 e. The molecule has 132 valence electrons. The number of carbonyl (C=O) groups excluding carboxylic acids is 2. The van der Waals surface area contributed by atoms with Crippen molar-refractivity contribution in [3.05, 3.63) is 57.6 Å². The van der Waals surface area contributed by atoms with Crippen LogP contribution in [0.4, 0.5) is 0 Å². The molecule has 2 rings (SSSR count). The highest BCUT2D eigenvalue weighted by molar-refractivity contribution is 8.00. The van der Waals surface area contributed by atoms with Crippen molar-refractivity contribution in [2.75, 3.05) is 12.9 Å². The van der Waals surface area contributed by atoms with Crippen molar-refractivity contribution in [2.45, 2.75) is 24.9 Å². The molecule has 0 aliphatic rings. The van der Waals surface area contributed by atoms with Crippen LogP contribution in [0.15, 0.2) is 40.2 Å². The molecule has 0 spiro atoms. The quantitative estimate of drug-likeness (QED) is 0.462. The number of nitrogens with zero attached hydrogens (tertiary/aromatic N) is 1. The fourth-order valence-corrected chi connectivity index (χ4v) is 3.13. The van der Waals surface area contributed by atoms with Crippen molar-refractivity contribution in [2.24, 2.45) is 0 Å². The van der Waals surface area contributed by atoms with E-state index < -0.39 is 11.7 Å². The van der Waals surface area contributed by atoms with Crippen molar-refractivity contribution in [3.63, 3.8) is 0 Å². The van der Waals surface area contributed by atoms with Crippen LogP contribution in [0.3, 0.4) is 0 Å². The lowest BCUT2D eigenvalue weighted by molar-refractivity contribution is -0.119. The van der Waals surface area contributed by atoms with Crippen LogP contribution in [-0.4, -0.2) is 34.7 Å². The molecule has 0 aliphatic heterocycles. The van der Waals surface area contributed by atoms with E-state index >= 15 is 0 Å². The van der Waals surface area contributed by atoms with E-state index in [4.69, 9.17) is 4.74 Å². The van der Waals surface area contributed by atoms with Gasteiger partial charge in [0, 0.05) is 5.69 Å². The molecule has 2 N–H and O–H groups in total. The van der Waals surface area contributed by atoms with E-state index in [1.54, 1.807) is 6.92 Å².